The molecular formula is C22H27N4O4PS. The third kappa shape index (κ3) is 6.90. The van der Waals surface area contributed by atoms with Crippen molar-refractivity contribution in [1.29, 1.82) is 0 Å². The van der Waals surface area contributed by atoms with E-state index in [9.17, 15) is 9.00 Å². The standard InChI is InChI=1S/C20H21N4O4PS.C2H6/c1-27-29(28-2)13-30(26)16-10-8-15(9-11-16)23-20(25)18-19(21)22-12-17(24-18)14-6-4-3-5-7-14;1-2/h3-12H,13H2,1-2H3,(H2,21,22)(H,23,25);1-2H3. The van der Waals surface area contributed by atoms with Gasteiger partial charge >= 0.3 is 0 Å². The van der Waals surface area contributed by atoms with Crippen molar-refractivity contribution < 1.29 is 18.1 Å². The minimum absolute atomic E-state index is 0.0369. The summed E-state index contributed by atoms with van der Waals surface area (Å²) < 4.78 is 22.7. The lowest BCUT2D eigenvalue weighted by molar-refractivity contribution is 0.102. The van der Waals surface area contributed by atoms with Gasteiger partial charge in [0.25, 0.3) is 5.91 Å². The maximum Gasteiger partial charge on any atom is 0.278 e. The maximum atomic E-state index is 12.7. The molecule has 2 aromatic carbocycles. The van der Waals surface area contributed by atoms with Gasteiger partial charge in [-0.2, -0.15) is 0 Å². The minimum Gasteiger partial charge on any atom is -0.382 e. The van der Waals surface area contributed by atoms with E-state index >= 15 is 0 Å². The number of amides is 1. The van der Waals surface area contributed by atoms with Crippen molar-refractivity contribution in [1.82, 2.24) is 9.97 Å². The Kier molecular flexibility index (Phi) is 10.4. The van der Waals surface area contributed by atoms with Crippen LogP contribution in [-0.4, -0.2) is 39.8 Å². The molecule has 0 saturated heterocycles. The molecule has 3 N–H and O–H groups in total. The van der Waals surface area contributed by atoms with E-state index in [1.54, 1.807) is 24.3 Å². The van der Waals surface area contributed by atoms with Crippen LogP contribution in [0.1, 0.15) is 24.3 Å². The number of hydrogen-bond donors (Lipinski definition) is 2. The fraction of sp³-hybridized carbons (Fsp3) is 0.227. The SMILES string of the molecule is CC.COP(CS(=O)c1ccc(NC(=O)c2nc(-c3ccccc3)cnc2N)cc1)OC. The fourth-order valence-corrected chi connectivity index (χ4v) is 5.34. The van der Waals surface area contributed by atoms with Crippen molar-refractivity contribution in [2.75, 3.05) is 30.8 Å². The molecule has 170 valence electrons. The Bertz CT molecular complexity index is 1030. The van der Waals surface area contributed by atoms with Crippen LogP contribution < -0.4 is 11.1 Å². The van der Waals surface area contributed by atoms with Crippen LogP contribution in [0.25, 0.3) is 11.3 Å². The van der Waals surface area contributed by atoms with Crippen LogP contribution in [0.2, 0.25) is 0 Å². The zero-order valence-corrected chi connectivity index (χ0v) is 20.2. The summed E-state index contributed by atoms with van der Waals surface area (Å²) in [5.74, 6) is -0.439. The molecule has 1 atom stereocenters. The van der Waals surface area contributed by atoms with Gasteiger partial charge in [-0.3, -0.25) is 9.00 Å². The minimum atomic E-state index is -1.27. The Morgan fingerprint density at radius 2 is 1.69 bits per heavy atom. The number of carbonyl (C=O) groups is 1. The molecular weight excluding hydrogens is 447 g/mol. The van der Waals surface area contributed by atoms with Gasteiger partial charge in [0.15, 0.2) is 19.9 Å². The number of rotatable bonds is 8. The van der Waals surface area contributed by atoms with Gasteiger partial charge in [0.05, 0.1) is 28.2 Å². The smallest absolute Gasteiger partial charge is 0.278 e. The molecule has 0 aliphatic rings. The Morgan fingerprint density at radius 3 is 2.28 bits per heavy atom. The van der Waals surface area contributed by atoms with Crippen LogP contribution in [0.3, 0.4) is 0 Å². The summed E-state index contributed by atoms with van der Waals surface area (Å²) in [4.78, 5) is 21.7. The monoisotopic (exact) mass is 474 g/mol. The highest BCUT2D eigenvalue weighted by Crippen LogP contribution is 2.37. The highest BCUT2D eigenvalue weighted by atomic mass is 32.2. The molecule has 8 nitrogen and oxygen atoms in total. The molecule has 0 aliphatic carbocycles. The molecule has 0 radical (unpaired) electrons. The summed E-state index contributed by atoms with van der Waals surface area (Å²) in [6.07, 6.45) is 1.53. The summed E-state index contributed by atoms with van der Waals surface area (Å²) in [5, 5.41) is 2.74. The highest BCUT2D eigenvalue weighted by molar-refractivity contribution is 7.91. The first-order valence-corrected chi connectivity index (χ1v) is 12.5. The summed E-state index contributed by atoms with van der Waals surface area (Å²) in [7, 11) is 0.570. The van der Waals surface area contributed by atoms with Crippen molar-refractivity contribution in [3.05, 3.63) is 66.5 Å². The quantitative estimate of drug-likeness (QED) is 0.456. The lowest BCUT2D eigenvalue weighted by atomic mass is 10.1. The Balaban J connectivity index is 0.00000176. The second kappa shape index (κ2) is 13.0. The third-order valence-electron chi connectivity index (χ3n) is 4.09. The molecule has 3 aromatic rings. The van der Waals surface area contributed by atoms with Crippen LogP contribution >= 0.6 is 8.38 Å². The van der Waals surface area contributed by atoms with E-state index in [-0.39, 0.29) is 17.0 Å². The second-order valence-corrected chi connectivity index (χ2v) is 9.60. The molecule has 0 bridgehead atoms. The van der Waals surface area contributed by atoms with E-state index in [0.717, 1.165) is 5.56 Å². The lowest BCUT2D eigenvalue weighted by Crippen LogP contribution is -2.17. The van der Waals surface area contributed by atoms with Crippen LogP contribution in [0.4, 0.5) is 11.5 Å². The number of nitrogens with one attached hydrogen (secondary N) is 1. The molecule has 1 amide bonds. The fourth-order valence-electron chi connectivity index (χ4n) is 2.54. The summed E-state index contributed by atoms with van der Waals surface area (Å²) in [6.45, 7) is 4.00. The number of hydrogen-bond acceptors (Lipinski definition) is 7. The van der Waals surface area contributed by atoms with Crippen molar-refractivity contribution in [2.24, 2.45) is 0 Å². The number of anilines is 2. The van der Waals surface area contributed by atoms with Gasteiger partial charge in [-0.05, 0) is 24.3 Å². The summed E-state index contributed by atoms with van der Waals surface area (Å²) >= 11 is 0. The summed E-state index contributed by atoms with van der Waals surface area (Å²) in [5.41, 5.74) is 8.07. The number of carbonyl (C=O) groups excluding carboxylic acids is 1. The van der Waals surface area contributed by atoms with Gasteiger partial charge in [0, 0.05) is 30.4 Å². The van der Waals surface area contributed by atoms with E-state index in [1.807, 2.05) is 44.2 Å². The Morgan fingerprint density at radius 1 is 1.06 bits per heavy atom. The van der Waals surface area contributed by atoms with Crippen LogP contribution in [0, 0.1) is 0 Å². The number of benzene rings is 2. The zero-order valence-electron chi connectivity index (χ0n) is 18.4. The molecule has 1 unspecified atom stereocenters. The number of nitrogens with two attached hydrogens (primary N) is 1. The van der Waals surface area contributed by atoms with Gasteiger partial charge in [-0.15, -0.1) is 0 Å². The molecule has 10 heteroatoms. The molecule has 0 saturated carbocycles. The second-order valence-electron chi connectivity index (χ2n) is 6.01. The zero-order chi connectivity index (χ0) is 23.5. The average molecular weight is 475 g/mol. The number of aromatic nitrogens is 2. The van der Waals surface area contributed by atoms with Gasteiger partial charge in [-0.1, -0.05) is 44.2 Å². The predicted octanol–water partition coefficient (Wildman–Crippen LogP) is 4.67. The van der Waals surface area contributed by atoms with Crippen molar-refractivity contribution in [3.63, 3.8) is 0 Å². The first-order chi connectivity index (χ1) is 15.5. The third-order valence-corrected chi connectivity index (χ3v) is 7.48. The molecule has 0 fully saturated rings. The molecule has 32 heavy (non-hydrogen) atoms. The van der Waals surface area contributed by atoms with Gasteiger partial charge in [0.2, 0.25) is 0 Å². The normalized spacial score (nSPS) is 11.4. The van der Waals surface area contributed by atoms with E-state index in [0.29, 0.717) is 16.3 Å². The molecule has 1 aromatic heterocycles. The van der Waals surface area contributed by atoms with Crippen molar-refractivity contribution in [3.8, 4) is 11.3 Å². The lowest BCUT2D eigenvalue weighted by Gasteiger charge is -2.12. The number of nitrogen functional groups attached to an aromatic ring is 1. The molecule has 1 heterocycles. The first kappa shape index (κ1) is 25.5. The average Bonchev–Trinajstić information content (AvgIpc) is 2.84. The Hall–Kier alpha value is -2.71. The van der Waals surface area contributed by atoms with Gasteiger partial charge in [0.1, 0.15) is 0 Å². The largest absolute Gasteiger partial charge is 0.382 e. The van der Waals surface area contributed by atoms with Crippen LogP contribution in [0.5, 0.6) is 0 Å². The summed E-state index contributed by atoms with van der Waals surface area (Å²) in [6, 6.07) is 16.1. The maximum absolute atomic E-state index is 12.7. The van der Waals surface area contributed by atoms with Gasteiger partial charge in [-0.25, -0.2) is 9.97 Å². The highest BCUT2D eigenvalue weighted by Gasteiger charge is 2.16. The Labute approximate surface area is 192 Å². The first-order valence-electron chi connectivity index (χ1n) is 9.85. The predicted molar refractivity (Wildman–Crippen MR) is 130 cm³/mol. The van der Waals surface area contributed by atoms with Crippen molar-refractivity contribution in [2.45, 2.75) is 18.7 Å². The number of nitrogens with zero attached hydrogens (tertiary/aromatic N) is 2. The van der Waals surface area contributed by atoms with E-state index < -0.39 is 25.1 Å². The molecule has 0 aliphatic heterocycles. The van der Waals surface area contributed by atoms with Crippen molar-refractivity contribution >= 4 is 36.6 Å². The van der Waals surface area contributed by atoms with E-state index in [1.165, 1.54) is 20.4 Å². The van der Waals surface area contributed by atoms with E-state index in [2.05, 4.69) is 15.3 Å². The van der Waals surface area contributed by atoms with Crippen LogP contribution in [-0.2, 0) is 19.8 Å². The topological polar surface area (TPSA) is 116 Å². The van der Waals surface area contributed by atoms with Gasteiger partial charge < -0.3 is 20.1 Å². The molecule has 3 rings (SSSR count). The molecule has 0 spiro atoms. The van der Waals surface area contributed by atoms with Crippen LogP contribution in [0.15, 0.2) is 65.7 Å². The van der Waals surface area contributed by atoms with E-state index in [4.69, 9.17) is 14.8 Å².